The Bertz CT molecular complexity index is 410. The van der Waals surface area contributed by atoms with E-state index in [2.05, 4.69) is 4.99 Å². The van der Waals surface area contributed by atoms with Crippen molar-refractivity contribution in [1.29, 1.82) is 0 Å². The second-order valence-corrected chi connectivity index (χ2v) is 4.40. The van der Waals surface area contributed by atoms with E-state index < -0.39 is 6.04 Å². The summed E-state index contributed by atoms with van der Waals surface area (Å²) >= 11 is 0. The zero-order chi connectivity index (χ0) is 12.8. The highest BCUT2D eigenvalue weighted by atomic mass is 16.5. The number of ether oxygens (including phenoxy) is 1. The summed E-state index contributed by atoms with van der Waals surface area (Å²) in [5, 5.41) is 0. The van der Waals surface area contributed by atoms with Gasteiger partial charge in [-0.1, -0.05) is 43.7 Å². The number of aryl methyl sites for hydroxylation is 1. The molecule has 0 spiro atoms. The van der Waals surface area contributed by atoms with Crippen LogP contribution in [0.2, 0.25) is 0 Å². The zero-order valence-corrected chi connectivity index (χ0v) is 10.8. The van der Waals surface area contributed by atoms with Gasteiger partial charge in [-0.3, -0.25) is 4.99 Å². The molecule has 92 valence electrons. The summed E-state index contributed by atoms with van der Waals surface area (Å²) in [6.07, 6.45) is 1.73. The van der Waals surface area contributed by atoms with Gasteiger partial charge in [0, 0.05) is 6.21 Å². The predicted molar refractivity (Wildman–Crippen MR) is 69.4 cm³/mol. The normalized spacial score (nSPS) is 13.0. The zero-order valence-electron chi connectivity index (χ0n) is 10.8. The highest BCUT2D eigenvalue weighted by molar-refractivity contribution is 5.84. The maximum absolute atomic E-state index is 11.5. The number of aliphatic imine (C=N–C) groups is 1. The number of esters is 1. The SMILES string of the molecule is COC(=O)[C@@H](N=Cc1cccc(C)c1)C(C)C. The molecule has 0 radical (unpaired) electrons. The minimum Gasteiger partial charge on any atom is -0.467 e. The van der Waals surface area contributed by atoms with E-state index in [1.165, 1.54) is 12.7 Å². The Balaban J connectivity index is 2.83. The Labute approximate surface area is 103 Å². The van der Waals surface area contributed by atoms with E-state index in [1.54, 1.807) is 6.21 Å². The molecule has 3 nitrogen and oxygen atoms in total. The molecule has 0 unspecified atom stereocenters. The van der Waals surface area contributed by atoms with Gasteiger partial charge in [-0.05, 0) is 18.4 Å². The van der Waals surface area contributed by atoms with E-state index in [0.29, 0.717) is 0 Å². The van der Waals surface area contributed by atoms with Gasteiger partial charge in [0.05, 0.1) is 7.11 Å². The largest absolute Gasteiger partial charge is 0.467 e. The van der Waals surface area contributed by atoms with Crippen molar-refractivity contribution in [2.24, 2.45) is 10.9 Å². The van der Waals surface area contributed by atoms with E-state index in [9.17, 15) is 4.79 Å². The first-order valence-electron chi connectivity index (χ1n) is 5.72. The topological polar surface area (TPSA) is 38.7 Å². The molecular weight excluding hydrogens is 214 g/mol. The summed E-state index contributed by atoms with van der Waals surface area (Å²) < 4.78 is 4.73. The van der Waals surface area contributed by atoms with E-state index >= 15 is 0 Å². The molecule has 1 rings (SSSR count). The quantitative estimate of drug-likeness (QED) is 0.592. The van der Waals surface area contributed by atoms with Crippen molar-refractivity contribution in [1.82, 2.24) is 0 Å². The standard InChI is InChI=1S/C14H19NO2/c1-10(2)13(14(16)17-4)15-9-12-7-5-6-11(3)8-12/h5-10,13H,1-4H3/t13-/m0/s1. The second kappa shape index (κ2) is 6.18. The fourth-order valence-electron chi connectivity index (χ4n) is 1.54. The lowest BCUT2D eigenvalue weighted by atomic mass is 10.1. The van der Waals surface area contributed by atoms with Crippen LogP contribution in [0.1, 0.15) is 25.0 Å². The van der Waals surface area contributed by atoms with Crippen molar-refractivity contribution in [2.75, 3.05) is 7.11 Å². The maximum atomic E-state index is 11.5. The highest BCUT2D eigenvalue weighted by Crippen LogP contribution is 2.09. The third-order valence-electron chi connectivity index (χ3n) is 2.50. The molecule has 0 amide bonds. The van der Waals surface area contributed by atoms with Crippen molar-refractivity contribution < 1.29 is 9.53 Å². The van der Waals surface area contributed by atoms with Crippen molar-refractivity contribution in [3.8, 4) is 0 Å². The Hall–Kier alpha value is -1.64. The number of hydrogen-bond donors (Lipinski definition) is 0. The Morgan fingerprint density at radius 2 is 2.12 bits per heavy atom. The third kappa shape index (κ3) is 4.02. The van der Waals surface area contributed by atoms with Gasteiger partial charge in [0.2, 0.25) is 0 Å². The van der Waals surface area contributed by atoms with E-state index in [0.717, 1.165) is 5.56 Å². The first kappa shape index (κ1) is 13.4. The van der Waals surface area contributed by atoms with Gasteiger partial charge >= 0.3 is 5.97 Å². The average molecular weight is 233 g/mol. The lowest BCUT2D eigenvalue weighted by Crippen LogP contribution is -2.25. The van der Waals surface area contributed by atoms with Crippen LogP contribution in [0.5, 0.6) is 0 Å². The second-order valence-electron chi connectivity index (χ2n) is 4.40. The van der Waals surface area contributed by atoms with Gasteiger partial charge in [-0.2, -0.15) is 0 Å². The van der Waals surface area contributed by atoms with Crippen LogP contribution < -0.4 is 0 Å². The van der Waals surface area contributed by atoms with Gasteiger partial charge in [0.15, 0.2) is 0 Å². The summed E-state index contributed by atoms with van der Waals surface area (Å²) in [6.45, 7) is 5.93. The van der Waals surface area contributed by atoms with E-state index in [4.69, 9.17) is 4.74 Å². The lowest BCUT2D eigenvalue weighted by molar-refractivity contribution is -0.143. The first-order valence-corrected chi connectivity index (χ1v) is 5.72. The molecule has 0 heterocycles. The number of benzene rings is 1. The molecular formula is C14H19NO2. The minimum absolute atomic E-state index is 0.128. The van der Waals surface area contributed by atoms with E-state index in [-0.39, 0.29) is 11.9 Å². The van der Waals surface area contributed by atoms with Crippen LogP contribution in [0.3, 0.4) is 0 Å². The van der Waals surface area contributed by atoms with Crippen molar-refractivity contribution in [3.63, 3.8) is 0 Å². The van der Waals surface area contributed by atoms with Gasteiger partial charge < -0.3 is 4.74 Å². The molecule has 1 aromatic carbocycles. The summed E-state index contributed by atoms with van der Waals surface area (Å²) in [6, 6.07) is 7.56. The molecule has 0 fully saturated rings. The molecule has 0 aliphatic heterocycles. The minimum atomic E-state index is -0.430. The smallest absolute Gasteiger partial charge is 0.330 e. The average Bonchev–Trinajstić information content (AvgIpc) is 2.28. The summed E-state index contributed by atoms with van der Waals surface area (Å²) in [7, 11) is 1.39. The van der Waals surface area contributed by atoms with Crippen LogP contribution in [0, 0.1) is 12.8 Å². The number of carbonyl (C=O) groups is 1. The molecule has 3 heteroatoms. The van der Waals surface area contributed by atoms with Crippen LogP contribution >= 0.6 is 0 Å². The van der Waals surface area contributed by atoms with Gasteiger partial charge in [-0.15, -0.1) is 0 Å². The number of methoxy groups -OCH3 is 1. The number of nitrogens with zero attached hydrogens (tertiary/aromatic N) is 1. The third-order valence-corrected chi connectivity index (χ3v) is 2.50. The van der Waals surface area contributed by atoms with Crippen LogP contribution in [0.15, 0.2) is 29.3 Å². The van der Waals surface area contributed by atoms with Crippen LogP contribution in [0.4, 0.5) is 0 Å². The maximum Gasteiger partial charge on any atom is 0.330 e. The number of rotatable bonds is 4. The summed E-state index contributed by atoms with van der Waals surface area (Å²) in [5.74, 6) is -0.160. The molecule has 0 bridgehead atoms. The summed E-state index contributed by atoms with van der Waals surface area (Å²) in [5.41, 5.74) is 2.17. The molecule has 0 N–H and O–H groups in total. The molecule has 0 saturated carbocycles. The van der Waals surface area contributed by atoms with Gasteiger partial charge in [0.1, 0.15) is 6.04 Å². The monoisotopic (exact) mass is 233 g/mol. The molecule has 0 aliphatic carbocycles. The molecule has 1 aromatic rings. The predicted octanol–water partition coefficient (Wildman–Crippen LogP) is 2.61. The van der Waals surface area contributed by atoms with E-state index in [1.807, 2.05) is 45.0 Å². The number of carbonyl (C=O) groups excluding carboxylic acids is 1. The van der Waals surface area contributed by atoms with Crippen LogP contribution in [-0.2, 0) is 9.53 Å². The fourth-order valence-corrected chi connectivity index (χ4v) is 1.54. The molecule has 0 aliphatic rings. The Kier molecular flexibility index (Phi) is 4.88. The van der Waals surface area contributed by atoms with Crippen LogP contribution in [-0.4, -0.2) is 25.3 Å². The van der Waals surface area contributed by atoms with Crippen LogP contribution in [0.25, 0.3) is 0 Å². The highest BCUT2D eigenvalue weighted by Gasteiger charge is 2.20. The molecule has 0 aromatic heterocycles. The molecule has 1 atom stereocenters. The van der Waals surface area contributed by atoms with Crippen molar-refractivity contribution in [3.05, 3.63) is 35.4 Å². The lowest BCUT2D eigenvalue weighted by Gasteiger charge is -2.13. The molecule has 17 heavy (non-hydrogen) atoms. The molecule has 0 saturated heterocycles. The Morgan fingerprint density at radius 3 is 2.65 bits per heavy atom. The summed E-state index contributed by atoms with van der Waals surface area (Å²) in [4.78, 5) is 15.8. The van der Waals surface area contributed by atoms with Crippen molar-refractivity contribution >= 4 is 12.2 Å². The van der Waals surface area contributed by atoms with Gasteiger partial charge in [0.25, 0.3) is 0 Å². The number of hydrogen-bond acceptors (Lipinski definition) is 3. The Morgan fingerprint density at radius 1 is 1.41 bits per heavy atom. The van der Waals surface area contributed by atoms with Gasteiger partial charge in [-0.25, -0.2) is 4.79 Å². The van der Waals surface area contributed by atoms with Crippen molar-refractivity contribution in [2.45, 2.75) is 26.8 Å². The fraction of sp³-hybridized carbons (Fsp3) is 0.429. The first-order chi connectivity index (χ1) is 8.04.